The van der Waals surface area contributed by atoms with Gasteiger partial charge in [-0.25, -0.2) is 9.59 Å². The first-order chi connectivity index (χ1) is 10.7. The molecule has 1 heterocycles. The molecule has 1 aliphatic carbocycles. The van der Waals surface area contributed by atoms with E-state index < -0.39 is 6.09 Å². The van der Waals surface area contributed by atoms with Crippen LogP contribution in [0.25, 0.3) is 0 Å². The lowest BCUT2D eigenvalue weighted by Gasteiger charge is -2.62. The lowest BCUT2D eigenvalue weighted by Crippen LogP contribution is -2.58. The van der Waals surface area contributed by atoms with Crippen LogP contribution in [0.15, 0.2) is 12.2 Å². The summed E-state index contributed by atoms with van der Waals surface area (Å²) in [6.07, 6.45) is 5.63. The van der Waals surface area contributed by atoms with Crippen LogP contribution in [0.3, 0.4) is 0 Å². The largest absolute Gasteiger partial charge is 0.465 e. The molecule has 2 rings (SSSR count). The van der Waals surface area contributed by atoms with E-state index in [1.54, 1.807) is 13.0 Å². The molecule has 0 aromatic carbocycles. The summed E-state index contributed by atoms with van der Waals surface area (Å²) in [5.41, 5.74) is 0.348. The van der Waals surface area contributed by atoms with Crippen LogP contribution < -0.4 is 0 Å². The molecule has 0 bridgehead atoms. The maximum absolute atomic E-state index is 11.5. The Morgan fingerprint density at radius 1 is 1.30 bits per heavy atom. The monoisotopic (exact) mass is 323 g/mol. The number of nitrogens with zero attached hydrogens (tertiary/aromatic N) is 1. The van der Waals surface area contributed by atoms with Crippen LogP contribution in [0, 0.1) is 22.7 Å². The second-order valence-corrected chi connectivity index (χ2v) is 7.95. The summed E-state index contributed by atoms with van der Waals surface area (Å²) in [6, 6.07) is 0. The van der Waals surface area contributed by atoms with E-state index in [1.807, 2.05) is 6.08 Å². The number of hydrogen-bond acceptors (Lipinski definition) is 3. The van der Waals surface area contributed by atoms with Gasteiger partial charge in [-0.2, -0.15) is 0 Å². The Labute approximate surface area is 138 Å². The Morgan fingerprint density at radius 3 is 2.39 bits per heavy atom. The van der Waals surface area contributed by atoms with Gasteiger partial charge in [0.2, 0.25) is 0 Å². The number of carboxylic acid groups (broad SMARTS) is 1. The zero-order chi connectivity index (χ0) is 17.3. The highest BCUT2D eigenvalue weighted by Crippen LogP contribution is 2.63. The van der Waals surface area contributed by atoms with E-state index in [1.165, 1.54) is 4.90 Å². The third-order valence-electron chi connectivity index (χ3n) is 5.46. The van der Waals surface area contributed by atoms with Gasteiger partial charge in [0.15, 0.2) is 0 Å². The molecule has 23 heavy (non-hydrogen) atoms. The molecule has 5 nitrogen and oxygen atoms in total. The predicted octanol–water partition coefficient (Wildman–Crippen LogP) is 3.55. The minimum absolute atomic E-state index is 0.132. The van der Waals surface area contributed by atoms with Crippen LogP contribution in [0.1, 0.15) is 47.0 Å². The van der Waals surface area contributed by atoms with E-state index >= 15 is 0 Å². The lowest BCUT2D eigenvalue weighted by molar-refractivity contribution is -0.137. The Bertz CT molecular complexity index is 484. The highest BCUT2D eigenvalue weighted by atomic mass is 16.5. The summed E-state index contributed by atoms with van der Waals surface area (Å²) in [6.45, 7) is 10.2. The number of rotatable bonds is 3. The van der Waals surface area contributed by atoms with Gasteiger partial charge in [-0.05, 0) is 48.9 Å². The Kier molecular flexibility index (Phi) is 5.07. The molecule has 130 valence electrons. The maximum Gasteiger partial charge on any atom is 0.407 e. The van der Waals surface area contributed by atoms with E-state index in [2.05, 4.69) is 20.8 Å². The highest BCUT2D eigenvalue weighted by Gasteiger charge is 2.57. The molecule has 1 amide bonds. The molecule has 0 aromatic rings. The van der Waals surface area contributed by atoms with Crippen LogP contribution in [0.5, 0.6) is 0 Å². The van der Waals surface area contributed by atoms with Crippen molar-refractivity contribution in [1.82, 2.24) is 4.90 Å². The predicted molar refractivity (Wildman–Crippen MR) is 88.1 cm³/mol. The van der Waals surface area contributed by atoms with Crippen molar-refractivity contribution in [2.75, 3.05) is 19.7 Å². The molecule has 1 saturated heterocycles. The third-order valence-corrected chi connectivity index (χ3v) is 5.46. The average molecular weight is 323 g/mol. The van der Waals surface area contributed by atoms with Crippen LogP contribution in [0.2, 0.25) is 0 Å². The van der Waals surface area contributed by atoms with Crippen molar-refractivity contribution in [2.45, 2.75) is 47.0 Å². The smallest absolute Gasteiger partial charge is 0.407 e. The number of ether oxygens (including phenoxy) is 1. The van der Waals surface area contributed by atoms with Crippen molar-refractivity contribution in [3.63, 3.8) is 0 Å². The first-order valence-electron chi connectivity index (χ1n) is 8.52. The molecule has 1 saturated carbocycles. The van der Waals surface area contributed by atoms with E-state index in [9.17, 15) is 9.59 Å². The number of carbonyl (C=O) groups excluding carboxylic acids is 1. The van der Waals surface area contributed by atoms with E-state index in [4.69, 9.17) is 9.84 Å². The van der Waals surface area contributed by atoms with Gasteiger partial charge >= 0.3 is 12.1 Å². The fourth-order valence-corrected chi connectivity index (χ4v) is 4.80. The zero-order valence-electron chi connectivity index (χ0n) is 14.7. The lowest BCUT2D eigenvalue weighted by atomic mass is 9.44. The van der Waals surface area contributed by atoms with Crippen molar-refractivity contribution in [1.29, 1.82) is 0 Å². The summed E-state index contributed by atoms with van der Waals surface area (Å²) < 4.78 is 4.96. The van der Waals surface area contributed by atoms with Crippen molar-refractivity contribution < 1.29 is 19.4 Å². The fraction of sp³-hybridized carbons (Fsp3) is 0.778. The summed E-state index contributed by atoms with van der Waals surface area (Å²) in [7, 11) is 0. The Hall–Kier alpha value is -1.52. The minimum atomic E-state index is -0.815. The summed E-state index contributed by atoms with van der Waals surface area (Å²) in [4.78, 5) is 24.2. The topological polar surface area (TPSA) is 66.8 Å². The van der Waals surface area contributed by atoms with Gasteiger partial charge in [0, 0.05) is 19.2 Å². The highest BCUT2D eigenvalue weighted by molar-refractivity contribution is 5.81. The normalized spacial score (nSPS) is 27.0. The number of piperidine rings is 1. The maximum atomic E-state index is 11.5. The second kappa shape index (κ2) is 6.54. The van der Waals surface area contributed by atoms with E-state index in [0.29, 0.717) is 31.5 Å². The van der Waals surface area contributed by atoms with Crippen molar-refractivity contribution in [3.05, 3.63) is 12.2 Å². The minimum Gasteiger partial charge on any atom is -0.465 e. The van der Waals surface area contributed by atoms with Crippen molar-refractivity contribution >= 4 is 12.1 Å². The van der Waals surface area contributed by atoms with E-state index in [-0.39, 0.29) is 16.8 Å². The molecule has 2 fully saturated rings. The van der Waals surface area contributed by atoms with Crippen LogP contribution in [0.4, 0.5) is 4.79 Å². The quantitative estimate of drug-likeness (QED) is 0.637. The third kappa shape index (κ3) is 3.70. The molecule has 1 aliphatic heterocycles. The molecule has 5 heteroatoms. The standard InChI is InChI=1S/C18H29NO4/c1-5-23-14(20)7-6-13-12-18(15(13)17(2,3)4)8-10-19(11-9-18)16(21)22/h6-7,13,15H,5,8-12H2,1-4H3,(H,21,22)/b7-6+. The van der Waals surface area contributed by atoms with Crippen LogP contribution in [-0.2, 0) is 9.53 Å². The van der Waals surface area contributed by atoms with Gasteiger partial charge in [-0.1, -0.05) is 26.8 Å². The molecule has 2 atom stereocenters. The first kappa shape index (κ1) is 17.8. The number of amides is 1. The molecule has 2 unspecified atom stereocenters. The Balaban J connectivity index is 2.06. The molecule has 0 radical (unpaired) electrons. The number of likely N-dealkylation sites (tertiary alicyclic amines) is 1. The molecule has 1 spiro atoms. The summed E-state index contributed by atoms with van der Waals surface area (Å²) >= 11 is 0. The molecular formula is C18H29NO4. The number of esters is 1. The number of hydrogen-bond donors (Lipinski definition) is 1. The number of allylic oxidation sites excluding steroid dienone is 1. The van der Waals surface area contributed by atoms with Gasteiger partial charge in [0.05, 0.1) is 6.61 Å². The van der Waals surface area contributed by atoms with E-state index in [0.717, 1.165) is 19.3 Å². The molecule has 0 aromatic heterocycles. The van der Waals surface area contributed by atoms with Crippen LogP contribution in [-0.4, -0.2) is 41.8 Å². The van der Waals surface area contributed by atoms with Gasteiger partial charge in [-0.15, -0.1) is 0 Å². The van der Waals surface area contributed by atoms with Gasteiger partial charge in [0.1, 0.15) is 0 Å². The second-order valence-electron chi connectivity index (χ2n) is 7.95. The summed E-state index contributed by atoms with van der Waals surface area (Å²) in [5.74, 6) is 0.564. The van der Waals surface area contributed by atoms with Crippen molar-refractivity contribution in [2.24, 2.45) is 22.7 Å². The van der Waals surface area contributed by atoms with Gasteiger partial charge < -0.3 is 14.7 Å². The molecular weight excluding hydrogens is 294 g/mol. The van der Waals surface area contributed by atoms with Gasteiger partial charge in [0.25, 0.3) is 0 Å². The van der Waals surface area contributed by atoms with Crippen molar-refractivity contribution in [3.8, 4) is 0 Å². The molecule has 1 N–H and O–H groups in total. The first-order valence-corrected chi connectivity index (χ1v) is 8.52. The van der Waals surface area contributed by atoms with Gasteiger partial charge in [-0.3, -0.25) is 0 Å². The fourth-order valence-electron chi connectivity index (χ4n) is 4.80. The number of carbonyl (C=O) groups is 2. The Morgan fingerprint density at radius 2 is 1.91 bits per heavy atom. The molecule has 2 aliphatic rings. The van der Waals surface area contributed by atoms with Crippen LogP contribution >= 0.6 is 0 Å². The summed E-state index contributed by atoms with van der Waals surface area (Å²) in [5, 5.41) is 9.14. The zero-order valence-corrected chi connectivity index (χ0v) is 14.7. The average Bonchev–Trinajstić information content (AvgIpc) is 2.42. The SMILES string of the molecule is CCOC(=O)/C=C/C1CC2(CCN(C(=O)O)CC2)C1C(C)(C)C.